The summed E-state index contributed by atoms with van der Waals surface area (Å²) in [5, 5.41) is 7.07. The van der Waals surface area contributed by atoms with Crippen molar-refractivity contribution in [3.63, 3.8) is 0 Å². The first-order chi connectivity index (χ1) is 8.68. The number of unbranched alkanes of at least 4 members (excludes halogenated alkanes) is 9. The van der Waals surface area contributed by atoms with Crippen molar-refractivity contribution in [2.45, 2.75) is 78.1 Å². The summed E-state index contributed by atoms with van der Waals surface area (Å²) in [7, 11) is 0. The summed E-state index contributed by atoms with van der Waals surface area (Å²) < 4.78 is 4.91. The summed E-state index contributed by atoms with van der Waals surface area (Å²) in [4.78, 5) is 11.0. The zero-order valence-electron chi connectivity index (χ0n) is 14.1. The van der Waals surface area contributed by atoms with Gasteiger partial charge in [-0.2, -0.15) is 0 Å². The number of ether oxygens (including phenoxy) is 1. The molecule has 0 aromatic rings. The molecule has 0 atom stereocenters. The molecular weight excluding hydrogens is 249 g/mol. The van der Waals surface area contributed by atoms with Crippen molar-refractivity contribution in [2.24, 2.45) is 0 Å². The molecule has 0 aromatic heterocycles. The summed E-state index contributed by atoms with van der Waals surface area (Å²) in [6, 6.07) is 0. The molecule has 0 aliphatic rings. The Balaban J connectivity index is -0.00000144. The Morgan fingerprint density at radius 1 is 0.947 bits per heavy atom. The zero-order chi connectivity index (χ0) is 13.6. The summed E-state index contributed by atoms with van der Waals surface area (Å²) in [5.74, 6) is -0.481. The van der Waals surface area contributed by atoms with E-state index in [-0.39, 0.29) is 36.7 Å². The fraction of sp³-hybridized carbons (Fsp3) is 0.867. The first-order valence-electron chi connectivity index (χ1n) is 7.40. The van der Waals surface area contributed by atoms with Crippen molar-refractivity contribution in [3.05, 3.63) is 0 Å². The normalized spacial score (nSPS) is 9.79. The van der Waals surface area contributed by atoms with Gasteiger partial charge in [0.2, 0.25) is 0 Å². The number of esters is 1. The van der Waals surface area contributed by atoms with Crippen LogP contribution in [0.1, 0.15) is 79.5 Å². The average Bonchev–Trinajstić information content (AvgIpc) is 2.35. The Bertz CT molecular complexity index is 238. The minimum absolute atomic E-state index is 0. The molecule has 0 aliphatic carbocycles. The largest absolute Gasteiger partial charge is 1.00 e. The molecule has 3 nitrogen and oxygen atoms in total. The molecular formula is C15H30NNaO2. The Morgan fingerprint density at radius 2 is 1.37 bits per heavy atom. The van der Waals surface area contributed by atoms with E-state index in [4.69, 9.17) is 10.1 Å². The Kier molecular flexibility index (Phi) is 18.3. The predicted molar refractivity (Wildman–Crippen MR) is 77.3 cm³/mol. The second kappa shape index (κ2) is 16.2. The Morgan fingerprint density at radius 3 is 1.79 bits per heavy atom. The van der Waals surface area contributed by atoms with E-state index < -0.39 is 5.97 Å². The van der Waals surface area contributed by atoms with Crippen LogP contribution in [0.15, 0.2) is 0 Å². The number of nitrogens with one attached hydrogen (secondary N) is 1. The molecule has 0 unspecified atom stereocenters. The van der Waals surface area contributed by atoms with Crippen molar-refractivity contribution >= 4 is 11.7 Å². The maximum atomic E-state index is 11.0. The van der Waals surface area contributed by atoms with E-state index >= 15 is 0 Å². The van der Waals surface area contributed by atoms with E-state index in [1.165, 1.54) is 58.3 Å². The molecule has 0 amide bonds. The van der Waals surface area contributed by atoms with Crippen molar-refractivity contribution in [2.75, 3.05) is 6.61 Å². The molecule has 4 heteroatoms. The third-order valence-corrected chi connectivity index (χ3v) is 3.04. The van der Waals surface area contributed by atoms with Gasteiger partial charge in [0.1, 0.15) is 5.71 Å². The Labute approximate surface area is 142 Å². The van der Waals surface area contributed by atoms with Gasteiger partial charge in [-0.15, -0.1) is 0 Å². The summed E-state index contributed by atoms with van der Waals surface area (Å²) in [6.07, 6.45) is 12.7. The average molecular weight is 279 g/mol. The summed E-state index contributed by atoms with van der Waals surface area (Å²) >= 11 is 0. The molecule has 0 heterocycles. The van der Waals surface area contributed by atoms with Crippen LogP contribution in [0.5, 0.6) is 0 Å². The topological polar surface area (TPSA) is 50.2 Å². The quantitative estimate of drug-likeness (QED) is 0.255. The Hall–Kier alpha value is 0.140. The predicted octanol–water partition coefficient (Wildman–Crippen LogP) is 1.61. The molecule has 19 heavy (non-hydrogen) atoms. The number of carbonyl (C=O) groups excluding carboxylic acids is 1. The van der Waals surface area contributed by atoms with Crippen LogP contribution < -0.4 is 29.6 Å². The third kappa shape index (κ3) is 16.1. The van der Waals surface area contributed by atoms with Gasteiger partial charge in [-0.1, -0.05) is 64.7 Å². The molecule has 0 aliphatic heterocycles. The molecule has 0 aromatic carbocycles. The number of hydrogen-bond acceptors (Lipinski definition) is 3. The van der Waals surface area contributed by atoms with Crippen molar-refractivity contribution in [1.29, 1.82) is 5.41 Å². The van der Waals surface area contributed by atoms with Crippen LogP contribution in [0.3, 0.4) is 0 Å². The van der Waals surface area contributed by atoms with Crippen LogP contribution in [0.25, 0.3) is 0 Å². The molecule has 108 valence electrons. The van der Waals surface area contributed by atoms with Gasteiger partial charge < -0.3 is 6.16 Å². The SMILES string of the molecule is CCCCCCCCCCCCOC(=O)C(C)=N.[H-].[Na+]. The first-order valence-corrected chi connectivity index (χ1v) is 7.40. The zero-order valence-corrected chi connectivity index (χ0v) is 15.1. The van der Waals surface area contributed by atoms with Crippen LogP contribution in [0.4, 0.5) is 0 Å². The number of carbonyl (C=O) groups is 1. The maximum Gasteiger partial charge on any atom is 1.00 e. The second-order valence-corrected chi connectivity index (χ2v) is 4.94. The molecule has 0 saturated heterocycles. The van der Waals surface area contributed by atoms with Crippen LogP contribution in [-0.4, -0.2) is 18.3 Å². The molecule has 0 rings (SSSR count). The van der Waals surface area contributed by atoms with Gasteiger partial charge in [0, 0.05) is 0 Å². The molecule has 0 saturated carbocycles. The standard InChI is InChI=1S/C15H29NO2.Na.H/c1-3-4-5-6-7-8-9-10-11-12-13-18-15(17)14(2)16;;/h16H,3-13H2,1-2H3;;/q;+1;-1. The molecule has 0 spiro atoms. The van der Waals surface area contributed by atoms with Gasteiger partial charge in [0.25, 0.3) is 0 Å². The second-order valence-electron chi connectivity index (χ2n) is 4.94. The molecule has 0 fully saturated rings. The third-order valence-electron chi connectivity index (χ3n) is 3.04. The van der Waals surface area contributed by atoms with Crippen molar-refractivity contribution in [3.8, 4) is 0 Å². The monoisotopic (exact) mass is 279 g/mol. The molecule has 0 radical (unpaired) electrons. The van der Waals surface area contributed by atoms with E-state index in [1.807, 2.05) is 0 Å². The van der Waals surface area contributed by atoms with Crippen LogP contribution in [0, 0.1) is 5.41 Å². The fourth-order valence-corrected chi connectivity index (χ4v) is 1.86. The van der Waals surface area contributed by atoms with E-state index in [1.54, 1.807) is 0 Å². The van der Waals surface area contributed by atoms with E-state index in [9.17, 15) is 4.79 Å². The van der Waals surface area contributed by atoms with Gasteiger partial charge >= 0.3 is 35.5 Å². The fourth-order valence-electron chi connectivity index (χ4n) is 1.86. The first kappa shape index (κ1) is 21.4. The van der Waals surface area contributed by atoms with Crippen molar-refractivity contribution in [1.82, 2.24) is 0 Å². The van der Waals surface area contributed by atoms with Gasteiger partial charge in [-0.05, 0) is 13.3 Å². The minimum Gasteiger partial charge on any atom is -1.00 e. The molecule has 0 bridgehead atoms. The minimum atomic E-state index is -0.481. The summed E-state index contributed by atoms with van der Waals surface area (Å²) in [6.45, 7) is 4.17. The molecule has 1 N–H and O–H groups in total. The van der Waals surface area contributed by atoms with Gasteiger partial charge in [0.15, 0.2) is 0 Å². The number of hydrogen-bond donors (Lipinski definition) is 1. The van der Waals surface area contributed by atoms with Crippen LogP contribution in [-0.2, 0) is 9.53 Å². The van der Waals surface area contributed by atoms with E-state index in [0.717, 1.165) is 12.8 Å². The van der Waals surface area contributed by atoms with Crippen molar-refractivity contribution < 1.29 is 40.5 Å². The number of rotatable bonds is 12. The van der Waals surface area contributed by atoms with Crippen LogP contribution in [0.2, 0.25) is 0 Å². The smallest absolute Gasteiger partial charge is 1.00 e. The van der Waals surface area contributed by atoms with Gasteiger partial charge in [-0.3, -0.25) is 5.41 Å². The van der Waals surface area contributed by atoms with Gasteiger partial charge in [0.05, 0.1) is 6.61 Å². The summed E-state index contributed by atoms with van der Waals surface area (Å²) in [5.41, 5.74) is -0.0120. The van der Waals surface area contributed by atoms with E-state index in [2.05, 4.69) is 6.92 Å². The van der Waals surface area contributed by atoms with Gasteiger partial charge in [-0.25, -0.2) is 4.79 Å². The maximum absolute atomic E-state index is 11.0. The van der Waals surface area contributed by atoms with Crippen LogP contribution >= 0.6 is 0 Å². The van der Waals surface area contributed by atoms with E-state index in [0.29, 0.717) is 6.61 Å².